The molecular formula is C27H40F4. The zero-order chi connectivity index (χ0) is 22.5. The van der Waals surface area contributed by atoms with E-state index in [-0.39, 0.29) is 5.41 Å². The topological polar surface area (TPSA) is 0 Å². The van der Waals surface area contributed by atoms with E-state index in [1.165, 1.54) is 57.4 Å². The molecule has 0 N–H and O–H groups in total. The number of halogens is 4. The molecule has 31 heavy (non-hydrogen) atoms. The number of rotatable bonds is 8. The van der Waals surface area contributed by atoms with Gasteiger partial charge in [-0.15, -0.1) is 0 Å². The SMILES string of the molecule is CC(C)CCCC1CCC(CCC2(c3ccc(C(F)(F)F)c(F)c3)CCCCC2)CC1. The molecule has 0 aliphatic heterocycles. The lowest BCUT2D eigenvalue weighted by Crippen LogP contribution is -2.30. The second-order valence-corrected chi connectivity index (χ2v) is 10.8. The third-order valence-corrected chi connectivity index (χ3v) is 8.09. The molecule has 0 aromatic heterocycles. The van der Waals surface area contributed by atoms with Gasteiger partial charge < -0.3 is 0 Å². The highest BCUT2D eigenvalue weighted by atomic mass is 19.4. The van der Waals surface area contributed by atoms with Crippen molar-refractivity contribution in [3.8, 4) is 0 Å². The van der Waals surface area contributed by atoms with Crippen LogP contribution >= 0.6 is 0 Å². The predicted molar refractivity (Wildman–Crippen MR) is 120 cm³/mol. The van der Waals surface area contributed by atoms with Gasteiger partial charge in [-0.25, -0.2) is 4.39 Å². The van der Waals surface area contributed by atoms with Crippen molar-refractivity contribution in [1.29, 1.82) is 0 Å². The molecule has 1 aromatic carbocycles. The van der Waals surface area contributed by atoms with Crippen LogP contribution in [0.1, 0.15) is 115 Å². The van der Waals surface area contributed by atoms with Gasteiger partial charge in [-0.2, -0.15) is 13.2 Å². The van der Waals surface area contributed by atoms with Crippen molar-refractivity contribution in [2.24, 2.45) is 17.8 Å². The van der Waals surface area contributed by atoms with Crippen molar-refractivity contribution in [2.45, 2.75) is 115 Å². The summed E-state index contributed by atoms with van der Waals surface area (Å²) in [6, 6.07) is 3.71. The van der Waals surface area contributed by atoms with Crippen LogP contribution in [-0.4, -0.2) is 0 Å². The normalized spacial score (nSPS) is 24.5. The first-order valence-electron chi connectivity index (χ1n) is 12.6. The molecule has 0 atom stereocenters. The molecule has 0 amide bonds. The smallest absolute Gasteiger partial charge is 0.206 e. The van der Waals surface area contributed by atoms with Crippen molar-refractivity contribution in [3.63, 3.8) is 0 Å². The van der Waals surface area contributed by atoms with Crippen LogP contribution in [0.15, 0.2) is 18.2 Å². The summed E-state index contributed by atoms with van der Waals surface area (Å²) in [5.41, 5.74) is -0.491. The Labute approximate surface area is 186 Å². The maximum atomic E-state index is 14.3. The minimum atomic E-state index is -4.63. The standard InChI is InChI=1S/C27H40F4/c1-20(2)7-6-8-21-9-11-22(12-10-21)15-18-26(16-4-3-5-17-26)23-13-14-24(25(28)19-23)27(29,30)31/h13-14,19-22H,3-12,15-18H2,1-2H3. The molecule has 1 aromatic rings. The molecule has 0 saturated heterocycles. The molecule has 0 spiro atoms. The number of benzene rings is 1. The second-order valence-electron chi connectivity index (χ2n) is 10.8. The van der Waals surface area contributed by atoms with Crippen LogP contribution in [0.25, 0.3) is 0 Å². The van der Waals surface area contributed by atoms with Gasteiger partial charge in [0.05, 0.1) is 5.56 Å². The van der Waals surface area contributed by atoms with Gasteiger partial charge in [-0.05, 0) is 66.5 Å². The molecule has 2 aliphatic carbocycles. The number of hydrogen-bond donors (Lipinski definition) is 0. The van der Waals surface area contributed by atoms with E-state index in [1.807, 2.05) is 0 Å². The lowest BCUT2D eigenvalue weighted by atomic mass is 9.65. The van der Waals surface area contributed by atoms with E-state index in [0.29, 0.717) is 0 Å². The van der Waals surface area contributed by atoms with Crippen molar-refractivity contribution >= 4 is 0 Å². The van der Waals surface area contributed by atoms with Gasteiger partial charge in [-0.1, -0.05) is 84.1 Å². The van der Waals surface area contributed by atoms with E-state index in [4.69, 9.17) is 0 Å². The highest BCUT2D eigenvalue weighted by Gasteiger charge is 2.38. The molecule has 176 valence electrons. The zero-order valence-corrected chi connectivity index (χ0v) is 19.4. The third kappa shape index (κ3) is 6.71. The van der Waals surface area contributed by atoms with Gasteiger partial charge >= 0.3 is 6.18 Å². The van der Waals surface area contributed by atoms with Crippen LogP contribution in [0.4, 0.5) is 17.6 Å². The van der Waals surface area contributed by atoms with E-state index in [0.717, 1.165) is 67.9 Å². The zero-order valence-electron chi connectivity index (χ0n) is 19.4. The minimum Gasteiger partial charge on any atom is -0.206 e. The first-order valence-corrected chi connectivity index (χ1v) is 12.6. The van der Waals surface area contributed by atoms with E-state index < -0.39 is 17.6 Å². The van der Waals surface area contributed by atoms with Crippen LogP contribution in [-0.2, 0) is 11.6 Å². The van der Waals surface area contributed by atoms with E-state index in [9.17, 15) is 17.6 Å². The van der Waals surface area contributed by atoms with Crippen molar-refractivity contribution in [2.75, 3.05) is 0 Å². The number of hydrogen-bond acceptors (Lipinski definition) is 0. The summed E-state index contributed by atoms with van der Waals surface area (Å²) < 4.78 is 53.4. The first-order chi connectivity index (χ1) is 14.7. The summed E-state index contributed by atoms with van der Waals surface area (Å²) in [4.78, 5) is 0. The van der Waals surface area contributed by atoms with Gasteiger partial charge in [0.2, 0.25) is 0 Å². The first kappa shape index (κ1) is 24.6. The third-order valence-electron chi connectivity index (χ3n) is 8.09. The van der Waals surface area contributed by atoms with E-state index in [2.05, 4.69) is 13.8 Å². The maximum Gasteiger partial charge on any atom is 0.419 e. The molecule has 2 aliphatic rings. The fourth-order valence-electron chi connectivity index (χ4n) is 6.09. The predicted octanol–water partition coefficient (Wildman–Crippen LogP) is 9.46. The largest absolute Gasteiger partial charge is 0.419 e. The molecule has 0 heterocycles. The van der Waals surface area contributed by atoms with Gasteiger partial charge in [-0.3, -0.25) is 0 Å². The van der Waals surface area contributed by atoms with Gasteiger partial charge in [0, 0.05) is 0 Å². The van der Waals surface area contributed by atoms with Crippen LogP contribution in [0.3, 0.4) is 0 Å². The van der Waals surface area contributed by atoms with Crippen LogP contribution < -0.4 is 0 Å². The fourth-order valence-corrected chi connectivity index (χ4v) is 6.09. The van der Waals surface area contributed by atoms with Crippen LogP contribution in [0.2, 0.25) is 0 Å². The Bertz CT molecular complexity index is 677. The molecule has 0 nitrogen and oxygen atoms in total. The molecule has 3 rings (SSSR count). The maximum absolute atomic E-state index is 14.3. The van der Waals surface area contributed by atoms with Gasteiger partial charge in [0.15, 0.2) is 0 Å². The highest BCUT2D eigenvalue weighted by Crippen LogP contribution is 2.46. The Morgan fingerprint density at radius 2 is 1.55 bits per heavy atom. The molecule has 2 fully saturated rings. The van der Waals surface area contributed by atoms with Crippen LogP contribution in [0.5, 0.6) is 0 Å². The summed E-state index contributed by atoms with van der Waals surface area (Å²) in [6.07, 6.45) is 12.0. The Kier molecular flexibility index (Phi) is 8.49. The average molecular weight is 441 g/mol. The molecule has 0 unspecified atom stereocenters. The minimum absolute atomic E-state index is 0.142. The van der Waals surface area contributed by atoms with Crippen molar-refractivity contribution < 1.29 is 17.6 Å². The highest BCUT2D eigenvalue weighted by molar-refractivity contribution is 5.32. The molecular weight excluding hydrogens is 400 g/mol. The fraction of sp³-hybridized carbons (Fsp3) is 0.778. The van der Waals surface area contributed by atoms with E-state index in [1.54, 1.807) is 6.07 Å². The molecule has 4 heteroatoms. The molecule has 0 bridgehead atoms. The lowest BCUT2D eigenvalue weighted by Gasteiger charge is -2.40. The Hall–Kier alpha value is -1.06. The van der Waals surface area contributed by atoms with Crippen LogP contribution in [0, 0.1) is 23.6 Å². The van der Waals surface area contributed by atoms with Crippen molar-refractivity contribution in [1.82, 2.24) is 0 Å². The summed E-state index contributed by atoms with van der Waals surface area (Å²) in [5, 5.41) is 0. The quantitative estimate of drug-likeness (QED) is 0.353. The van der Waals surface area contributed by atoms with Gasteiger partial charge in [0.25, 0.3) is 0 Å². The molecule has 2 saturated carbocycles. The monoisotopic (exact) mass is 440 g/mol. The Morgan fingerprint density at radius 1 is 0.935 bits per heavy atom. The van der Waals surface area contributed by atoms with E-state index >= 15 is 0 Å². The summed E-state index contributed by atoms with van der Waals surface area (Å²) in [5.74, 6) is 1.28. The average Bonchev–Trinajstić information content (AvgIpc) is 2.72. The Balaban J connectivity index is 1.59. The summed E-state index contributed by atoms with van der Waals surface area (Å²) in [7, 11) is 0. The second kappa shape index (κ2) is 10.7. The summed E-state index contributed by atoms with van der Waals surface area (Å²) in [6.45, 7) is 4.58. The van der Waals surface area contributed by atoms with Crippen molar-refractivity contribution in [3.05, 3.63) is 35.1 Å². The Morgan fingerprint density at radius 3 is 2.10 bits per heavy atom. The number of alkyl halides is 3. The molecule has 0 radical (unpaired) electrons. The summed E-state index contributed by atoms with van der Waals surface area (Å²) >= 11 is 0. The van der Waals surface area contributed by atoms with Gasteiger partial charge in [0.1, 0.15) is 5.82 Å². The lowest BCUT2D eigenvalue weighted by molar-refractivity contribution is -0.140.